The Balaban J connectivity index is 2.73. The van der Waals surface area contributed by atoms with E-state index in [1.807, 2.05) is 12.1 Å². The third-order valence-corrected chi connectivity index (χ3v) is 2.68. The van der Waals surface area contributed by atoms with E-state index in [2.05, 4.69) is 19.2 Å². The van der Waals surface area contributed by atoms with E-state index in [1.165, 1.54) is 0 Å². The number of aliphatic hydroxyl groups excluding tert-OH is 1. The summed E-state index contributed by atoms with van der Waals surface area (Å²) in [5.74, 6) is 0.450. The molecule has 0 aliphatic heterocycles. The highest BCUT2D eigenvalue weighted by Gasteiger charge is 2.12. The van der Waals surface area contributed by atoms with Crippen LogP contribution in [-0.4, -0.2) is 17.8 Å². The normalized spacial score (nSPS) is 12.8. The van der Waals surface area contributed by atoms with Crippen LogP contribution >= 0.6 is 0 Å². The van der Waals surface area contributed by atoms with Crippen LogP contribution in [0.25, 0.3) is 0 Å². The number of nitrogens with two attached hydrogens (primary N) is 2. The first-order chi connectivity index (χ1) is 7.54. The van der Waals surface area contributed by atoms with Crippen LogP contribution in [-0.2, 0) is 0 Å². The van der Waals surface area contributed by atoms with E-state index < -0.39 is 0 Å². The Labute approximate surface area is 96.6 Å². The maximum absolute atomic E-state index is 8.98. The van der Waals surface area contributed by atoms with Crippen molar-refractivity contribution in [3.05, 3.63) is 18.2 Å². The highest BCUT2D eigenvalue weighted by Crippen LogP contribution is 2.22. The summed E-state index contributed by atoms with van der Waals surface area (Å²) < 4.78 is 0. The quantitative estimate of drug-likeness (QED) is 0.572. The van der Waals surface area contributed by atoms with Gasteiger partial charge in [-0.3, -0.25) is 0 Å². The van der Waals surface area contributed by atoms with Crippen molar-refractivity contribution in [1.29, 1.82) is 0 Å². The molecule has 1 unspecified atom stereocenters. The molecule has 0 spiro atoms. The number of hydrogen-bond acceptors (Lipinski definition) is 4. The Hall–Kier alpha value is -1.42. The van der Waals surface area contributed by atoms with Crippen LogP contribution in [0.5, 0.6) is 0 Å². The SMILES string of the molecule is CC(C)C(CCO)Nc1ccc(N)c(N)c1. The lowest BCUT2D eigenvalue weighted by Gasteiger charge is -2.23. The van der Waals surface area contributed by atoms with Gasteiger partial charge < -0.3 is 21.9 Å². The fraction of sp³-hybridized carbons (Fsp3) is 0.500. The number of hydrogen-bond donors (Lipinski definition) is 4. The standard InChI is InChI=1S/C12H21N3O/c1-8(2)12(5-6-16)15-9-3-4-10(13)11(14)7-9/h3-4,7-8,12,15-16H,5-6,13-14H2,1-2H3. The molecule has 0 radical (unpaired) electrons. The average molecular weight is 223 g/mol. The van der Waals surface area contributed by atoms with Crippen molar-refractivity contribution in [1.82, 2.24) is 0 Å². The monoisotopic (exact) mass is 223 g/mol. The van der Waals surface area contributed by atoms with Crippen molar-refractivity contribution in [2.75, 3.05) is 23.4 Å². The molecule has 0 bridgehead atoms. The Kier molecular flexibility index (Phi) is 4.43. The highest BCUT2D eigenvalue weighted by atomic mass is 16.3. The molecule has 90 valence electrons. The van der Waals surface area contributed by atoms with Gasteiger partial charge in [0.25, 0.3) is 0 Å². The van der Waals surface area contributed by atoms with E-state index in [-0.39, 0.29) is 12.6 Å². The summed E-state index contributed by atoms with van der Waals surface area (Å²) in [6, 6.07) is 5.75. The van der Waals surface area contributed by atoms with Gasteiger partial charge in [0.1, 0.15) is 0 Å². The molecule has 0 saturated heterocycles. The van der Waals surface area contributed by atoms with Crippen LogP contribution in [0.2, 0.25) is 0 Å². The molecular weight excluding hydrogens is 202 g/mol. The second-order valence-corrected chi connectivity index (χ2v) is 4.35. The predicted octanol–water partition coefficient (Wildman–Crippen LogP) is 1.67. The second kappa shape index (κ2) is 5.61. The van der Waals surface area contributed by atoms with Crippen molar-refractivity contribution in [2.24, 2.45) is 5.92 Å². The van der Waals surface area contributed by atoms with E-state index in [0.29, 0.717) is 17.3 Å². The van der Waals surface area contributed by atoms with Crippen molar-refractivity contribution in [3.63, 3.8) is 0 Å². The Bertz CT molecular complexity index is 339. The molecule has 1 aromatic rings. The van der Waals surface area contributed by atoms with E-state index in [0.717, 1.165) is 12.1 Å². The Morgan fingerprint density at radius 1 is 1.25 bits per heavy atom. The molecule has 0 aliphatic rings. The van der Waals surface area contributed by atoms with Gasteiger partial charge in [-0.05, 0) is 30.5 Å². The van der Waals surface area contributed by atoms with E-state index in [4.69, 9.17) is 16.6 Å². The van der Waals surface area contributed by atoms with Crippen molar-refractivity contribution >= 4 is 17.1 Å². The first-order valence-corrected chi connectivity index (χ1v) is 5.57. The van der Waals surface area contributed by atoms with Crippen molar-refractivity contribution < 1.29 is 5.11 Å². The molecule has 0 aliphatic carbocycles. The topological polar surface area (TPSA) is 84.3 Å². The van der Waals surface area contributed by atoms with Crippen molar-refractivity contribution in [2.45, 2.75) is 26.3 Å². The largest absolute Gasteiger partial charge is 0.397 e. The molecule has 0 saturated carbocycles. The number of anilines is 3. The second-order valence-electron chi connectivity index (χ2n) is 4.35. The molecule has 6 N–H and O–H groups in total. The minimum absolute atomic E-state index is 0.181. The number of nitrogens with one attached hydrogen (secondary N) is 1. The number of nitrogen functional groups attached to an aromatic ring is 2. The lowest BCUT2D eigenvalue weighted by Crippen LogP contribution is -2.26. The van der Waals surface area contributed by atoms with Gasteiger partial charge in [0.05, 0.1) is 11.4 Å². The third-order valence-electron chi connectivity index (χ3n) is 2.68. The Morgan fingerprint density at radius 3 is 2.44 bits per heavy atom. The van der Waals surface area contributed by atoms with Crippen LogP contribution in [0.4, 0.5) is 17.1 Å². The van der Waals surface area contributed by atoms with Gasteiger partial charge in [-0.15, -0.1) is 0 Å². The third kappa shape index (κ3) is 3.31. The number of rotatable bonds is 5. The number of benzene rings is 1. The van der Waals surface area contributed by atoms with Gasteiger partial charge in [0.2, 0.25) is 0 Å². The highest BCUT2D eigenvalue weighted by molar-refractivity contribution is 5.69. The van der Waals surface area contributed by atoms with E-state index in [1.54, 1.807) is 6.07 Å². The summed E-state index contributed by atoms with van der Waals surface area (Å²) in [5, 5.41) is 12.3. The zero-order valence-electron chi connectivity index (χ0n) is 9.90. The Morgan fingerprint density at radius 2 is 1.94 bits per heavy atom. The fourth-order valence-electron chi connectivity index (χ4n) is 1.59. The van der Waals surface area contributed by atoms with E-state index in [9.17, 15) is 0 Å². The molecule has 1 atom stereocenters. The molecular formula is C12H21N3O. The minimum atomic E-state index is 0.181. The van der Waals surface area contributed by atoms with Gasteiger partial charge >= 0.3 is 0 Å². The average Bonchev–Trinajstić information content (AvgIpc) is 2.22. The summed E-state index contributed by atoms with van der Waals surface area (Å²) in [4.78, 5) is 0. The summed E-state index contributed by atoms with van der Waals surface area (Å²) in [6.07, 6.45) is 0.724. The number of aliphatic hydroxyl groups is 1. The molecule has 1 aromatic carbocycles. The molecule has 1 rings (SSSR count). The van der Waals surface area contributed by atoms with Crippen LogP contribution in [0.1, 0.15) is 20.3 Å². The zero-order valence-corrected chi connectivity index (χ0v) is 9.90. The minimum Gasteiger partial charge on any atom is -0.397 e. The van der Waals surface area contributed by atoms with Crippen molar-refractivity contribution in [3.8, 4) is 0 Å². The first-order valence-electron chi connectivity index (χ1n) is 5.57. The first kappa shape index (κ1) is 12.6. The molecule has 0 heterocycles. The van der Waals surface area contributed by atoms with Crippen LogP contribution < -0.4 is 16.8 Å². The molecule has 4 nitrogen and oxygen atoms in total. The van der Waals surface area contributed by atoms with Gasteiger partial charge in [0, 0.05) is 18.3 Å². The molecule has 0 fully saturated rings. The lowest BCUT2D eigenvalue weighted by molar-refractivity contribution is 0.267. The molecule has 4 heteroatoms. The van der Waals surface area contributed by atoms with Crippen LogP contribution in [0.3, 0.4) is 0 Å². The molecule has 16 heavy (non-hydrogen) atoms. The molecule has 0 aromatic heterocycles. The smallest absolute Gasteiger partial charge is 0.0568 e. The van der Waals surface area contributed by atoms with Gasteiger partial charge in [0.15, 0.2) is 0 Å². The molecule has 0 amide bonds. The summed E-state index contributed by atoms with van der Waals surface area (Å²) in [5.41, 5.74) is 13.5. The lowest BCUT2D eigenvalue weighted by atomic mass is 10.0. The summed E-state index contributed by atoms with van der Waals surface area (Å²) in [7, 11) is 0. The van der Waals surface area contributed by atoms with Crippen LogP contribution in [0, 0.1) is 5.92 Å². The summed E-state index contributed by atoms with van der Waals surface area (Å²) in [6.45, 7) is 4.42. The van der Waals surface area contributed by atoms with Gasteiger partial charge in [-0.25, -0.2) is 0 Å². The van der Waals surface area contributed by atoms with Gasteiger partial charge in [-0.2, -0.15) is 0 Å². The van der Waals surface area contributed by atoms with E-state index >= 15 is 0 Å². The zero-order chi connectivity index (χ0) is 12.1. The predicted molar refractivity (Wildman–Crippen MR) is 69.2 cm³/mol. The maximum atomic E-state index is 8.98. The maximum Gasteiger partial charge on any atom is 0.0568 e. The van der Waals surface area contributed by atoms with Gasteiger partial charge in [-0.1, -0.05) is 13.8 Å². The van der Waals surface area contributed by atoms with Crippen LogP contribution in [0.15, 0.2) is 18.2 Å². The summed E-state index contributed by atoms with van der Waals surface area (Å²) >= 11 is 0. The fourth-order valence-corrected chi connectivity index (χ4v) is 1.59.